The first-order valence-electron chi connectivity index (χ1n) is 8.13. The van der Waals surface area contributed by atoms with Gasteiger partial charge in [-0.25, -0.2) is 4.79 Å². The van der Waals surface area contributed by atoms with E-state index in [4.69, 9.17) is 9.15 Å². The van der Waals surface area contributed by atoms with Crippen molar-refractivity contribution in [2.75, 3.05) is 26.8 Å². The Bertz CT molecular complexity index is 739. The molecule has 2 aromatic rings. The number of carbonyl (C=O) groups is 2. The van der Waals surface area contributed by atoms with Crippen molar-refractivity contribution in [2.45, 2.75) is 19.9 Å². The molecule has 0 aliphatic carbocycles. The van der Waals surface area contributed by atoms with Crippen molar-refractivity contribution in [3.8, 4) is 0 Å². The first-order valence-corrected chi connectivity index (χ1v) is 8.13. The quantitative estimate of drug-likeness (QED) is 0.817. The largest absolute Gasteiger partial charge is 0.464 e. The molecule has 1 aliphatic rings. The first-order chi connectivity index (χ1) is 11.6. The van der Waals surface area contributed by atoms with Crippen LogP contribution in [0, 0.1) is 5.92 Å². The standard InChI is InChI=1S/C18H22N2O4/c1-13(12-23-2)10-19-8-6-17(21)20(18(19)22)11-14-4-3-5-16-15(14)7-9-24-16/h3-5,7,9,13H,6,8,10-12H2,1-2H3. The summed E-state index contributed by atoms with van der Waals surface area (Å²) in [4.78, 5) is 28.1. The van der Waals surface area contributed by atoms with Crippen LogP contribution < -0.4 is 0 Å². The molecule has 2 heterocycles. The summed E-state index contributed by atoms with van der Waals surface area (Å²) in [6.07, 6.45) is 1.97. The molecule has 1 fully saturated rings. The highest BCUT2D eigenvalue weighted by Gasteiger charge is 2.32. The van der Waals surface area contributed by atoms with E-state index in [0.717, 1.165) is 16.5 Å². The van der Waals surface area contributed by atoms with Crippen molar-refractivity contribution in [3.63, 3.8) is 0 Å². The summed E-state index contributed by atoms with van der Waals surface area (Å²) in [6.45, 7) is 3.95. The van der Waals surface area contributed by atoms with E-state index >= 15 is 0 Å². The molecule has 128 valence electrons. The lowest BCUT2D eigenvalue weighted by Gasteiger charge is -2.35. The van der Waals surface area contributed by atoms with Gasteiger partial charge in [-0.3, -0.25) is 9.69 Å². The van der Waals surface area contributed by atoms with Crippen molar-refractivity contribution in [3.05, 3.63) is 36.1 Å². The van der Waals surface area contributed by atoms with Crippen molar-refractivity contribution < 1.29 is 18.7 Å². The highest BCUT2D eigenvalue weighted by atomic mass is 16.5. The summed E-state index contributed by atoms with van der Waals surface area (Å²) < 4.78 is 10.5. The highest BCUT2D eigenvalue weighted by molar-refractivity contribution is 5.97. The number of nitrogens with zero attached hydrogens (tertiary/aromatic N) is 2. The number of fused-ring (bicyclic) bond motifs is 1. The zero-order chi connectivity index (χ0) is 17.1. The van der Waals surface area contributed by atoms with Crippen LogP contribution in [0.3, 0.4) is 0 Å². The Morgan fingerprint density at radius 1 is 1.29 bits per heavy atom. The molecule has 0 N–H and O–H groups in total. The molecule has 0 saturated carbocycles. The lowest BCUT2D eigenvalue weighted by molar-refractivity contribution is -0.131. The summed E-state index contributed by atoms with van der Waals surface area (Å²) in [7, 11) is 1.65. The molecule has 1 aromatic heterocycles. The van der Waals surface area contributed by atoms with Crippen molar-refractivity contribution >= 4 is 22.9 Å². The average molecular weight is 330 g/mol. The second-order valence-corrected chi connectivity index (χ2v) is 6.27. The van der Waals surface area contributed by atoms with Crippen LogP contribution in [0.15, 0.2) is 34.9 Å². The Hall–Kier alpha value is -2.34. The molecule has 3 amide bonds. The molecule has 1 unspecified atom stereocenters. The topological polar surface area (TPSA) is 63.0 Å². The summed E-state index contributed by atoms with van der Waals surface area (Å²) in [5.74, 6) is 0.0995. The Kier molecular flexibility index (Phi) is 4.85. The predicted octanol–water partition coefficient (Wildman–Crippen LogP) is 2.87. The second kappa shape index (κ2) is 7.05. The summed E-state index contributed by atoms with van der Waals surface area (Å²) in [6, 6.07) is 7.30. The third-order valence-electron chi connectivity index (χ3n) is 4.30. The van der Waals surface area contributed by atoms with Gasteiger partial charge in [0.15, 0.2) is 0 Å². The lowest BCUT2D eigenvalue weighted by Crippen LogP contribution is -2.53. The van der Waals surface area contributed by atoms with Crippen LogP contribution in [0.1, 0.15) is 18.9 Å². The number of hydrogen-bond donors (Lipinski definition) is 0. The van der Waals surface area contributed by atoms with Crippen molar-refractivity contribution in [1.82, 2.24) is 9.80 Å². The minimum atomic E-state index is -0.227. The third kappa shape index (κ3) is 3.28. The number of ether oxygens (including phenoxy) is 1. The van der Waals surface area contributed by atoms with Gasteiger partial charge in [-0.15, -0.1) is 0 Å². The fourth-order valence-corrected chi connectivity index (χ4v) is 3.14. The van der Waals surface area contributed by atoms with Crippen LogP contribution in [0.25, 0.3) is 11.0 Å². The Balaban J connectivity index is 1.77. The molecule has 24 heavy (non-hydrogen) atoms. The maximum atomic E-state index is 12.7. The maximum absolute atomic E-state index is 12.7. The van der Waals surface area contributed by atoms with Gasteiger partial charge in [0.2, 0.25) is 5.91 Å². The van der Waals surface area contributed by atoms with Gasteiger partial charge < -0.3 is 14.1 Å². The number of rotatable bonds is 6. The van der Waals surface area contributed by atoms with Crippen LogP contribution >= 0.6 is 0 Å². The Labute approximate surface area is 141 Å². The Morgan fingerprint density at radius 2 is 2.12 bits per heavy atom. The van der Waals surface area contributed by atoms with E-state index < -0.39 is 0 Å². The highest BCUT2D eigenvalue weighted by Crippen LogP contribution is 2.23. The number of furan rings is 1. The summed E-state index contributed by atoms with van der Waals surface area (Å²) >= 11 is 0. The number of hydrogen-bond acceptors (Lipinski definition) is 4. The van der Waals surface area contributed by atoms with E-state index in [-0.39, 0.29) is 24.4 Å². The fourth-order valence-electron chi connectivity index (χ4n) is 3.14. The molecule has 0 radical (unpaired) electrons. The first kappa shape index (κ1) is 16.5. The van der Waals surface area contributed by atoms with Gasteiger partial charge in [-0.1, -0.05) is 19.1 Å². The molecule has 6 nitrogen and oxygen atoms in total. The van der Waals surface area contributed by atoms with E-state index in [9.17, 15) is 9.59 Å². The van der Waals surface area contributed by atoms with Crippen LogP contribution in [0.2, 0.25) is 0 Å². The minimum Gasteiger partial charge on any atom is -0.464 e. The molecule has 1 aliphatic heterocycles. The number of benzene rings is 1. The summed E-state index contributed by atoms with van der Waals surface area (Å²) in [5, 5.41) is 0.933. The molecular formula is C18H22N2O4. The number of urea groups is 1. The van der Waals surface area contributed by atoms with E-state index in [1.165, 1.54) is 4.90 Å². The average Bonchev–Trinajstić information content (AvgIpc) is 3.04. The molecule has 0 spiro atoms. The number of methoxy groups -OCH3 is 1. The third-order valence-corrected chi connectivity index (χ3v) is 4.30. The Morgan fingerprint density at radius 3 is 2.92 bits per heavy atom. The smallest absolute Gasteiger partial charge is 0.327 e. The molecule has 1 atom stereocenters. The monoisotopic (exact) mass is 330 g/mol. The van der Waals surface area contributed by atoms with Gasteiger partial charge >= 0.3 is 6.03 Å². The van der Waals surface area contributed by atoms with E-state index in [2.05, 4.69) is 0 Å². The molecule has 1 saturated heterocycles. The predicted molar refractivity (Wildman–Crippen MR) is 89.4 cm³/mol. The van der Waals surface area contributed by atoms with Gasteiger partial charge in [-0.2, -0.15) is 0 Å². The van der Waals surface area contributed by atoms with Crippen LogP contribution in [-0.4, -0.2) is 48.5 Å². The number of carbonyl (C=O) groups excluding carboxylic acids is 2. The molecular weight excluding hydrogens is 308 g/mol. The SMILES string of the molecule is COCC(C)CN1CCC(=O)N(Cc2cccc3occc23)C1=O. The van der Waals surface area contributed by atoms with Gasteiger partial charge in [0.05, 0.1) is 19.4 Å². The fraction of sp³-hybridized carbons (Fsp3) is 0.444. The zero-order valence-corrected chi connectivity index (χ0v) is 14.0. The van der Waals surface area contributed by atoms with Crippen LogP contribution in [0.4, 0.5) is 4.79 Å². The van der Waals surface area contributed by atoms with Crippen LogP contribution in [0.5, 0.6) is 0 Å². The van der Waals surface area contributed by atoms with Crippen LogP contribution in [-0.2, 0) is 16.1 Å². The van der Waals surface area contributed by atoms with Gasteiger partial charge in [-0.05, 0) is 23.6 Å². The zero-order valence-electron chi connectivity index (χ0n) is 14.0. The maximum Gasteiger partial charge on any atom is 0.327 e. The van der Waals surface area contributed by atoms with Gasteiger partial charge in [0.25, 0.3) is 0 Å². The van der Waals surface area contributed by atoms with E-state index in [1.807, 2.05) is 31.2 Å². The van der Waals surface area contributed by atoms with Crippen molar-refractivity contribution in [1.29, 1.82) is 0 Å². The molecule has 0 bridgehead atoms. The lowest BCUT2D eigenvalue weighted by atomic mass is 10.1. The number of imide groups is 1. The van der Waals surface area contributed by atoms with Gasteiger partial charge in [0, 0.05) is 32.0 Å². The van der Waals surface area contributed by atoms with E-state index in [1.54, 1.807) is 18.3 Å². The second-order valence-electron chi connectivity index (χ2n) is 6.27. The molecule has 6 heteroatoms. The number of amides is 3. The van der Waals surface area contributed by atoms with E-state index in [0.29, 0.717) is 26.1 Å². The molecule has 3 rings (SSSR count). The normalized spacial score (nSPS) is 16.9. The summed E-state index contributed by atoms with van der Waals surface area (Å²) in [5.41, 5.74) is 1.67. The van der Waals surface area contributed by atoms with Gasteiger partial charge in [0.1, 0.15) is 5.58 Å². The minimum absolute atomic E-state index is 0.129. The molecule has 1 aromatic carbocycles. The van der Waals surface area contributed by atoms with Crippen molar-refractivity contribution in [2.24, 2.45) is 5.92 Å².